The van der Waals surface area contributed by atoms with Gasteiger partial charge >= 0.3 is 0 Å². The first kappa shape index (κ1) is 15.5. The van der Waals surface area contributed by atoms with E-state index in [1.54, 1.807) is 7.11 Å². The molecule has 6 heteroatoms. The number of fused-ring (bicyclic) bond motifs is 3. The van der Waals surface area contributed by atoms with E-state index in [0.29, 0.717) is 31.2 Å². The third-order valence-electron chi connectivity index (χ3n) is 4.61. The summed E-state index contributed by atoms with van der Waals surface area (Å²) in [4.78, 5) is 17.4. The average molecular weight is 342 g/mol. The van der Waals surface area contributed by atoms with E-state index >= 15 is 0 Å². The minimum Gasteiger partial charge on any atom is -0.381 e. The number of nitrogens with one attached hydrogen (secondary N) is 1. The van der Waals surface area contributed by atoms with E-state index < -0.39 is 5.60 Å². The van der Waals surface area contributed by atoms with Crippen LogP contribution in [0.4, 0.5) is 5.13 Å². The summed E-state index contributed by atoms with van der Waals surface area (Å²) in [5.74, 6) is -0.142. The molecule has 124 valence electrons. The quantitative estimate of drug-likeness (QED) is 0.790. The second-order valence-electron chi connectivity index (χ2n) is 5.92. The van der Waals surface area contributed by atoms with E-state index in [2.05, 4.69) is 28.5 Å². The Bertz CT molecular complexity index is 900. The third-order valence-corrected chi connectivity index (χ3v) is 5.55. The molecule has 1 aliphatic rings. The molecule has 2 heterocycles. The molecular formula is C18H18N2O3S. The van der Waals surface area contributed by atoms with Crippen LogP contribution in [-0.2, 0) is 14.3 Å². The molecule has 0 aliphatic carbocycles. The molecule has 5 nitrogen and oxygen atoms in total. The van der Waals surface area contributed by atoms with Gasteiger partial charge in [0.2, 0.25) is 0 Å². The molecule has 1 aromatic heterocycles. The Morgan fingerprint density at radius 3 is 2.83 bits per heavy atom. The van der Waals surface area contributed by atoms with Crippen LogP contribution >= 0.6 is 11.3 Å². The predicted molar refractivity (Wildman–Crippen MR) is 95.5 cm³/mol. The standard InChI is InChI=1S/C18H18N2O3S/c1-22-18(8-10-23-11-9-18)16(21)20-17-19-15-13-5-3-2-4-12(13)6-7-14(15)24-17/h2-7H,8-11H2,1H3,(H,19,20,21). The summed E-state index contributed by atoms with van der Waals surface area (Å²) in [7, 11) is 1.58. The summed E-state index contributed by atoms with van der Waals surface area (Å²) in [6, 6.07) is 12.3. The lowest BCUT2D eigenvalue weighted by atomic mass is 9.93. The number of benzene rings is 2. The van der Waals surface area contributed by atoms with Gasteiger partial charge in [0.15, 0.2) is 10.7 Å². The highest BCUT2D eigenvalue weighted by Gasteiger charge is 2.40. The highest BCUT2D eigenvalue weighted by molar-refractivity contribution is 7.22. The van der Waals surface area contributed by atoms with Crippen molar-refractivity contribution in [1.29, 1.82) is 0 Å². The van der Waals surface area contributed by atoms with Gasteiger partial charge in [-0.15, -0.1) is 0 Å². The van der Waals surface area contributed by atoms with Crippen LogP contribution in [0.3, 0.4) is 0 Å². The molecule has 24 heavy (non-hydrogen) atoms. The zero-order valence-electron chi connectivity index (χ0n) is 13.4. The van der Waals surface area contributed by atoms with Gasteiger partial charge in [-0.05, 0) is 11.5 Å². The maximum atomic E-state index is 12.7. The van der Waals surface area contributed by atoms with E-state index in [0.717, 1.165) is 21.0 Å². The number of methoxy groups -OCH3 is 1. The van der Waals surface area contributed by atoms with Crippen molar-refractivity contribution in [3.63, 3.8) is 0 Å². The lowest BCUT2D eigenvalue weighted by Gasteiger charge is -2.33. The van der Waals surface area contributed by atoms with Crippen molar-refractivity contribution < 1.29 is 14.3 Å². The fourth-order valence-corrected chi connectivity index (χ4v) is 4.03. The molecular weight excluding hydrogens is 324 g/mol. The van der Waals surface area contributed by atoms with Crippen LogP contribution in [0.1, 0.15) is 12.8 Å². The van der Waals surface area contributed by atoms with Crippen molar-refractivity contribution in [2.45, 2.75) is 18.4 Å². The van der Waals surface area contributed by atoms with Crippen molar-refractivity contribution in [3.8, 4) is 0 Å². The number of anilines is 1. The number of nitrogens with zero attached hydrogens (tertiary/aromatic N) is 1. The molecule has 1 fully saturated rings. The number of carbonyl (C=O) groups excluding carboxylic acids is 1. The fourth-order valence-electron chi connectivity index (χ4n) is 3.15. The maximum Gasteiger partial charge on any atom is 0.258 e. The Morgan fingerprint density at radius 1 is 1.25 bits per heavy atom. The van der Waals surface area contributed by atoms with Crippen LogP contribution in [0.5, 0.6) is 0 Å². The fraction of sp³-hybridized carbons (Fsp3) is 0.333. The van der Waals surface area contributed by atoms with Crippen molar-refractivity contribution in [2.75, 3.05) is 25.6 Å². The van der Waals surface area contributed by atoms with Gasteiger partial charge in [0.05, 0.1) is 10.2 Å². The number of carbonyl (C=O) groups is 1. The largest absolute Gasteiger partial charge is 0.381 e. The van der Waals surface area contributed by atoms with Gasteiger partial charge in [0, 0.05) is 38.6 Å². The van der Waals surface area contributed by atoms with E-state index in [9.17, 15) is 4.79 Å². The third kappa shape index (κ3) is 2.56. The van der Waals surface area contributed by atoms with E-state index in [4.69, 9.17) is 9.47 Å². The van der Waals surface area contributed by atoms with Crippen LogP contribution in [0.15, 0.2) is 36.4 Å². The molecule has 1 saturated heterocycles. The zero-order chi connectivity index (χ0) is 16.6. The molecule has 1 aliphatic heterocycles. The Morgan fingerprint density at radius 2 is 2.04 bits per heavy atom. The van der Waals surface area contributed by atoms with Gasteiger partial charge in [0.1, 0.15) is 0 Å². The minimum absolute atomic E-state index is 0.142. The van der Waals surface area contributed by atoms with Crippen LogP contribution in [0.25, 0.3) is 21.0 Å². The van der Waals surface area contributed by atoms with Crippen LogP contribution < -0.4 is 5.32 Å². The highest BCUT2D eigenvalue weighted by atomic mass is 32.1. The first-order valence-corrected chi connectivity index (χ1v) is 8.76. The normalized spacial score (nSPS) is 17.2. The Hall–Kier alpha value is -2.02. The monoisotopic (exact) mass is 342 g/mol. The number of thiazole rings is 1. The molecule has 0 atom stereocenters. The molecule has 2 aromatic carbocycles. The number of rotatable bonds is 3. The molecule has 0 saturated carbocycles. The Labute approximate surface area is 143 Å². The molecule has 0 radical (unpaired) electrons. The minimum atomic E-state index is -0.821. The van der Waals surface area contributed by atoms with Crippen LogP contribution in [0, 0.1) is 0 Å². The molecule has 0 spiro atoms. The van der Waals surface area contributed by atoms with Crippen LogP contribution in [-0.4, -0.2) is 36.8 Å². The second-order valence-corrected chi connectivity index (χ2v) is 6.95. The zero-order valence-corrected chi connectivity index (χ0v) is 14.2. The smallest absolute Gasteiger partial charge is 0.258 e. The SMILES string of the molecule is COC1(C(=O)Nc2nc3c(ccc4ccccc43)s2)CCOCC1. The number of hydrogen-bond acceptors (Lipinski definition) is 5. The van der Waals surface area contributed by atoms with Crippen LogP contribution in [0.2, 0.25) is 0 Å². The predicted octanol–water partition coefficient (Wildman–Crippen LogP) is 3.58. The number of aromatic nitrogens is 1. The maximum absolute atomic E-state index is 12.7. The number of amides is 1. The second kappa shape index (κ2) is 6.12. The molecule has 1 amide bonds. The topological polar surface area (TPSA) is 60.5 Å². The molecule has 4 rings (SSSR count). The summed E-state index contributed by atoms with van der Waals surface area (Å²) in [6.45, 7) is 1.07. The lowest BCUT2D eigenvalue weighted by Crippen LogP contribution is -2.48. The van der Waals surface area contributed by atoms with Crippen molar-refractivity contribution in [3.05, 3.63) is 36.4 Å². The average Bonchev–Trinajstić information content (AvgIpc) is 3.05. The first-order valence-electron chi connectivity index (χ1n) is 7.94. The highest BCUT2D eigenvalue weighted by Crippen LogP contribution is 2.33. The molecule has 3 aromatic rings. The summed E-state index contributed by atoms with van der Waals surface area (Å²) in [5, 5.41) is 5.79. The molecule has 0 bridgehead atoms. The lowest BCUT2D eigenvalue weighted by molar-refractivity contribution is -0.149. The number of ether oxygens (including phenoxy) is 2. The van der Waals surface area contributed by atoms with Gasteiger partial charge < -0.3 is 9.47 Å². The first-order chi connectivity index (χ1) is 11.7. The Balaban J connectivity index is 1.67. The van der Waals surface area contributed by atoms with E-state index in [1.165, 1.54) is 11.3 Å². The van der Waals surface area contributed by atoms with E-state index in [-0.39, 0.29) is 5.91 Å². The van der Waals surface area contributed by atoms with Crippen molar-refractivity contribution in [1.82, 2.24) is 4.98 Å². The van der Waals surface area contributed by atoms with E-state index in [1.807, 2.05) is 18.2 Å². The van der Waals surface area contributed by atoms with Crippen molar-refractivity contribution >= 4 is 43.4 Å². The molecule has 0 unspecified atom stereocenters. The Kier molecular flexibility index (Phi) is 3.96. The summed E-state index contributed by atoms with van der Waals surface area (Å²) in [6.07, 6.45) is 1.12. The summed E-state index contributed by atoms with van der Waals surface area (Å²) >= 11 is 1.48. The number of hydrogen-bond donors (Lipinski definition) is 1. The summed E-state index contributed by atoms with van der Waals surface area (Å²) in [5.41, 5.74) is 0.102. The summed E-state index contributed by atoms with van der Waals surface area (Å²) < 4.78 is 11.9. The molecule has 1 N–H and O–H groups in total. The van der Waals surface area contributed by atoms with Gasteiger partial charge in [-0.25, -0.2) is 4.98 Å². The van der Waals surface area contributed by atoms with Gasteiger partial charge in [-0.1, -0.05) is 41.7 Å². The van der Waals surface area contributed by atoms with Gasteiger partial charge in [-0.3, -0.25) is 10.1 Å². The van der Waals surface area contributed by atoms with Crippen molar-refractivity contribution in [2.24, 2.45) is 0 Å². The van der Waals surface area contributed by atoms with Gasteiger partial charge in [0.25, 0.3) is 5.91 Å². The van der Waals surface area contributed by atoms with Gasteiger partial charge in [-0.2, -0.15) is 0 Å².